The van der Waals surface area contributed by atoms with Crippen LogP contribution in [0.1, 0.15) is 32.1 Å². The summed E-state index contributed by atoms with van der Waals surface area (Å²) in [7, 11) is 0. The number of alkyl halides is 3. The van der Waals surface area contributed by atoms with E-state index >= 15 is 0 Å². The number of halogens is 3. The van der Waals surface area contributed by atoms with Gasteiger partial charge in [-0.15, -0.1) is 0 Å². The Morgan fingerprint density at radius 3 is 2.09 bits per heavy atom. The van der Waals surface area contributed by atoms with E-state index in [1.165, 1.54) is 17.0 Å². The van der Waals surface area contributed by atoms with Crippen LogP contribution >= 0.6 is 0 Å². The van der Waals surface area contributed by atoms with Crippen LogP contribution < -0.4 is 0 Å². The fraction of sp³-hybridized carbons (Fsp3) is 0.261. The number of aryl methyl sites for hydroxylation is 1. The largest absolute Gasteiger partial charge is 0.416 e. The summed E-state index contributed by atoms with van der Waals surface area (Å²) in [4.78, 5) is 28.7. The summed E-state index contributed by atoms with van der Waals surface area (Å²) >= 11 is 0. The quantitative estimate of drug-likeness (QED) is 0.620. The van der Waals surface area contributed by atoms with Crippen LogP contribution in [0.2, 0.25) is 0 Å². The smallest absolute Gasteiger partial charge is 0.335 e. The average Bonchev–Trinajstić information content (AvgIpc) is 3.20. The van der Waals surface area contributed by atoms with Crippen molar-refractivity contribution in [1.82, 2.24) is 19.6 Å². The van der Waals surface area contributed by atoms with Crippen LogP contribution in [0.3, 0.4) is 0 Å². The Balaban J connectivity index is 1.42. The highest BCUT2D eigenvalue weighted by atomic mass is 19.4. The number of nitrogens with zero attached hydrogens (tertiary/aromatic N) is 4. The third-order valence-corrected chi connectivity index (χ3v) is 5.40. The fourth-order valence-corrected chi connectivity index (χ4v) is 3.70. The second kappa shape index (κ2) is 8.49. The molecule has 9 heteroatoms. The molecular formula is C23H21F3N4O2. The number of rotatable bonds is 3. The van der Waals surface area contributed by atoms with Gasteiger partial charge in [0.25, 0.3) is 11.8 Å². The van der Waals surface area contributed by atoms with E-state index in [2.05, 4.69) is 5.10 Å². The first-order valence-electron chi connectivity index (χ1n) is 10.1. The van der Waals surface area contributed by atoms with E-state index in [1.807, 2.05) is 37.3 Å². The van der Waals surface area contributed by atoms with Crippen LogP contribution in [-0.4, -0.2) is 57.6 Å². The van der Waals surface area contributed by atoms with E-state index < -0.39 is 17.6 Å². The highest BCUT2D eigenvalue weighted by Crippen LogP contribution is 2.29. The minimum atomic E-state index is -4.51. The molecule has 1 aliphatic heterocycles. The molecule has 0 saturated carbocycles. The Morgan fingerprint density at radius 2 is 1.47 bits per heavy atom. The number of carbonyl (C=O) groups excluding carboxylic acids is 2. The van der Waals surface area contributed by atoms with E-state index in [0.29, 0.717) is 5.69 Å². The summed E-state index contributed by atoms with van der Waals surface area (Å²) in [6.45, 7) is 2.89. The molecule has 6 nitrogen and oxygen atoms in total. The molecule has 4 rings (SSSR count). The molecule has 2 heterocycles. The van der Waals surface area contributed by atoms with Gasteiger partial charge in [-0.2, -0.15) is 18.3 Å². The van der Waals surface area contributed by atoms with Gasteiger partial charge in [0.1, 0.15) is 0 Å². The summed E-state index contributed by atoms with van der Waals surface area (Å²) < 4.78 is 40.5. The lowest BCUT2D eigenvalue weighted by molar-refractivity contribution is -0.137. The van der Waals surface area contributed by atoms with Crippen molar-refractivity contribution in [3.05, 3.63) is 83.2 Å². The maximum absolute atomic E-state index is 12.9. The van der Waals surface area contributed by atoms with Gasteiger partial charge in [0.05, 0.1) is 11.3 Å². The maximum atomic E-state index is 12.9. The number of benzene rings is 2. The van der Waals surface area contributed by atoms with Gasteiger partial charge < -0.3 is 9.80 Å². The Bertz CT molecular complexity index is 1130. The molecule has 1 aromatic heterocycles. The SMILES string of the molecule is Cc1cc(C(=O)N2CCN(C(=O)c3cccc(C(F)(F)F)c3)CC2)nn1-c1ccccc1. The zero-order valence-electron chi connectivity index (χ0n) is 17.3. The van der Waals surface area contributed by atoms with Crippen molar-refractivity contribution in [2.45, 2.75) is 13.1 Å². The summed E-state index contributed by atoms with van der Waals surface area (Å²) in [5.74, 6) is -0.721. The van der Waals surface area contributed by atoms with Gasteiger partial charge in [-0.05, 0) is 43.3 Å². The van der Waals surface area contributed by atoms with E-state index in [4.69, 9.17) is 0 Å². The Hall–Kier alpha value is -3.62. The van der Waals surface area contributed by atoms with Crippen molar-refractivity contribution in [2.75, 3.05) is 26.2 Å². The highest BCUT2D eigenvalue weighted by Gasteiger charge is 2.32. The van der Waals surface area contributed by atoms with Gasteiger partial charge in [-0.25, -0.2) is 4.68 Å². The number of aromatic nitrogens is 2. The highest BCUT2D eigenvalue weighted by molar-refractivity contribution is 5.95. The van der Waals surface area contributed by atoms with Crippen LogP contribution in [-0.2, 0) is 6.18 Å². The summed E-state index contributed by atoms with van der Waals surface area (Å²) in [5.41, 5.74) is 1.10. The van der Waals surface area contributed by atoms with Crippen LogP contribution in [0.15, 0.2) is 60.7 Å². The van der Waals surface area contributed by atoms with Gasteiger partial charge in [0.2, 0.25) is 0 Å². The minimum Gasteiger partial charge on any atom is -0.335 e. The molecule has 2 aromatic carbocycles. The maximum Gasteiger partial charge on any atom is 0.416 e. The number of carbonyl (C=O) groups is 2. The molecule has 0 bridgehead atoms. The molecule has 0 spiro atoms. The standard InChI is InChI=1S/C23H21F3N4O2/c1-16-14-20(27-30(16)19-8-3-2-4-9-19)22(32)29-12-10-28(11-13-29)21(31)17-6-5-7-18(15-17)23(24,25)26/h2-9,14-15H,10-13H2,1H3. The van der Waals surface area contributed by atoms with E-state index in [0.717, 1.165) is 23.5 Å². The van der Waals surface area contributed by atoms with Gasteiger partial charge in [0, 0.05) is 37.4 Å². The molecule has 0 atom stereocenters. The van der Waals surface area contributed by atoms with Crippen LogP contribution in [0.25, 0.3) is 5.69 Å². The Morgan fingerprint density at radius 1 is 0.844 bits per heavy atom. The van der Waals surface area contributed by atoms with Gasteiger partial charge in [-0.1, -0.05) is 24.3 Å². The number of hydrogen-bond acceptors (Lipinski definition) is 3. The van der Waals surface area contributed by atoms with Crippen LogP contribution in [0, 0.1) is 6.92 Å². The first kappa shape index (κ1) is 21.6. The Labute approximate surface area is 182 Å². The zero-order chi connectivity index (χ0) is 22.9. The summed E-state index contributed by atoms with van der Waals surface area (Å²) in [5, 5.41) is 4.43. The number of amides is 2. The van der Waals surface area contributed by atoms with Gasteiger partial charge in [0.15, 0.2) is 5.69 Å². The molecule has 1 fully saturated rings. The molecule has 0 aliphatic carbocycles. The van der Waals surface area contributed by atoms with Crippen molar-refractivity contribution in [3.63, 3.8) is 0 Å². The molecule has 1 saturated heterocycles. The zero-order valence-corrected chi connectivity index (χ0v) is 17.3. The molecule has 2 amide bonds. The summed E-state index contributed by atoms with van der Waals surface area (Å²) in [6, 6.07) is 15.6. The summed E-state index contributed by atoms with van der Waals surface area (Å²) in [6.07, 6.45) is -4.51. The second-order valence-electron chi connectivity index (χ2n) is 7.58. The lowest BCUT2D eigenvalue weighted by Gasteiger charge is -2.34. The first-order chi connectivity index (χ1) is 15.2. The monoisotopic (exact) mass is 442 g/mol. The number of piperazine rings is 1. The van der Waals surface area contributed by atoms with Crippen LogP contribution in [0.5, 0.6) is 0 Å². The molecule has 0 unspecified atom stereocenters. The average molecular weight is 442 g/mol. The first-order valence-corrected chi connectivity index (χ1v) is 10.1. The predicted octanol–water partition coefficient (Wildman–Crippen LogP) is 3.80. The molecule has 0 radical (unpaired) electrons. The van der Waals surface area contributed by atoms with E-state index in [1.54, 1.807) is 15.6 Å². The van der Waals surface area contributed by atoms with E-state index in [-0.39, 0.29) is 37.6 Å². The van der Waals surface area contributed by atoms with Crippen molar-refractivity contribution in [3.8, 4) is 5.69 Å². The molecular weight excluding hydrogens is 421 g/mol. The third kappa shape index (κ3) is 4.37. The molecule has 1 aliphatic rings. The lowest BCUT2D eigenvalue weighted by atomic mass is 10.1. The Kier molecular flexibility index (Phi) is 5.73. The minimum absolute atomic E-state index is 0.0168. The molecule has 0 N–H and O–H groups in total. The second-order valence-corrected chi connectivity index (χ2v) is 7.58. The van der Waals surface area contributed by atoms with E-state index in [9.17, 15) is 22.8 Å². The van der Waals surface area contributed by atoms with Crippen molar-refractivity contribution < 1.29 is 22.8 Å². The van der Waals surface area contributed by atoms with Crippen molar-refractivity contribution in [1.29, 1.82) is 0 Å². The topological polar surface area (TPSA) is 58.4 Å². The van der Waals surface area contributed by atoms with Gasteiger partial charge in [-0.3, -0.25) is 9.59 Å². The normalized spacial score (nSPS) is 14.5. The van der Waals surface area contributed by atoms with Gasteiger partial charge >= 0.3 is 6.18 Å². The van der Waals surface area contributed by atoms with Crippen molar-refractivity contribution >= 4 is 11.8 Å². The third-order valence-electron chi connectivity index (χ3n) is 5.40. The lowest BCUT2D eigenvalue weighted by Crippen LogP contribution is -2.50. The predicted molar refractivity (Wildman–Crippen MR) is 112 cm³/mol. The van der Waals surface area contributed by atoms with Crippen LogP contribution in [0.4, 0.5) is 13.2 Å². The molecule has 3 aromatic rings. The number of para-hydroxylation sites is 1. The fourth-order valence-electron chi connectivity index (χ4n) is 3.70. The number of hydrogen-bond donors (Lipinski definition) is 0. The molecule has 166 valence electrons. The van der Waals surface area contributed by atoms with Crippen molar-refractivity contribution in [2.24, 2.45) is 0 Å². The molecule has 32 heavy (non-hydrogen) atoms.